The number of rotatable bonds is 2. The number of furan rings is 1. The van der Waals surface area contributed by atoms with Gasteiger partial charge in [-0.1, -0.05) is 0 Å². The molecule has 1 aliphatic rings. The van der Waals surface area contributed by atoms with E-state index in [0.717, 1.165) is 18.5 Å². The minimum Gasteiger partial charge on any atom is -0.469 e. The van der Waals surface area contributed by atoms with Gasteiger partial charge in [0, 0.05) is 11.8 Å². The van der Waals surface area contributed by atoms with Crippen LogP contribution in [0, 0.1) is 5.92 Å². The van der Waals surface area contributed by atoms with E-state index in [0.29, 0.717) is 5.92 Å². The molecule has 1 heterocycles. The monoisotopic (exact) mass is 136 g/mol. The maximum Gasteiger partial charge on any atom is 0.123 e. The summed E-state index contributed by atoms with van der Waals surface area (Å²) in [4.78, 5) is 10.2. The fourth-order valence-corrected chi connectivity index (χ4v) is 1.19. The molecular weight excluding hydrogens is 128 g/mol. The standard InChI is InChI=1S/C8H8O2/c9-5-6-4-7(6)8-2-1-3-10-8/h1-3,5-7H,4H2/t6-,7+/m0/s1. The first-order chi connectivity index (χ1) is 4.92. The molecule has 0 unspecified atom stereocenters. The van der Waals surface area contributed by atoms with Gasteiger partial charge in [-0.15, -0.1) is 0 Å². The van der Waals surface area contributed by atoms with Gasteiger partial charge in [-0.3, -0.25) is 0 Å². The summed E-state index contributed by atoms with van der Waals surface area (Å²) in [6.45, 7) is 0. The van der Waals surface area contributed by atoms with Crippen LogP contribution in [0.25, 0.3) is 0 Å². The summed E-state index contributed by atoms with van der Waals surface area (Å²) in [5.74, 6) is 1.57. The Morgan fingerprint density at radius 2 is 2.60 bits per heavy atom. The van der Waals surface area contributed by atoms with Gasteiger partial charge in [-0.05, 0) is 18.6 Å². The van der Waals surface area contributed by atoms with Crippen LogP contribution in [0.5, 0.6) is 0 Å². The Balaban J connectivity index is 2.11. The molecule has 1 aromatic heterocycles. The number of carbonyl (C=O) groups is 1. The maximum atomic E-state index is 10.2. The van der Waals surface area contributed by atoms with E-state index in [1.54, 1.807) is 6.26 Å². The fraction of sp³-hybridized carbons (Fsp3) is 0.375. The first-order valence-corrected chi connectivity index (χ1v) is 3.40. The minimum absolute atomic E-state index is 0.228. The zero-order valence-corrected chi connectivity index (χ0v) is 5.49. The van der Waals surface area contributed by atoms with Crippen LogP contribution in [0.2, 0.25) is 0 Å². The van der Waals surface area contributed by atoms with Gasteiger partial charge < -0.3 is 9.21 Å². The molecule has 0 bridgehead atoms. The molecule has 0 amide bonds. The van der Waals surface area contributed by atoms with Crippen molar-refractivity contribution in [1.82, 2.24) is 0 Å². The van der Waals surface area contributed by atoms with Crippen LogP contribution < -0.4 is 0 Å². The summed E-state index contributed by atoms with van der Waals surface area (Å²) in [6, 6.07) is 3.78. The Kier molecular flexibility index (Phi) is 1.13. The third kappa shape index (κ3) is 0.764. The average Bonchev–Trinajstić information content (AvgIpc) is 2.56. The quantitative estimate of drug-likeness (QED) is 0.578. The summed E-state index contributed by atoms with van der Waals surface area (Å²) in [7, 11) is 0. The Labute approximate surface area is 58.8 Å². The van der Waals surface area contributed by atoms with E-state index in [-0.39, 0.29) is 5.92 Å². The van der Waals surface area contributed by atoms with Crippen molar-refractivity contribution in [3.63, 3.8) is 0 Å². The molecule has 2 nitrogen and oxygen atoms in total. The van der Waals surface area contributed by atoms with Crippen LogP contribution in [0.15, 0.2) is 22.8 Å². The van der Waals surface area contributed by atoms with Gasteiger partial charge in [-0.25, -0.2) is 0 Å². The van der Waals surface area contributed by atoms with Gasteiger partial charge in [0.25, 0.3) is 0 Å². The normalized spacial score (nSPS) is 30.0. The van der Waals surface area contributed by atoms with Crippen molar-refractivity contribution in [3.05, 3.63) is 24.2 Å². The molecule has 2 rings (SSSR count). The summed E-state index contributed by atoms with van der Waals surface area (Å²) < 4.78 is 5.13. The van der Waals surface area contributed by atoms with Crippen LogP contribution in [-0.4, -0.2) is 6.29 Å². The fourth-order valence-electron chi connectivity index (χ4n) is 1.19. The molecule has 2 heteroatoms. The van der Waals surface area contributed by atoms with Crippen molar-refractivity contribution < 1.29 is 9.21 Å². The Morgan fingerprint density at radius 3 is 3.10 bits per heavy atom. The van der Waals surface area contributed by atoms with Gasteiger partial charge in [0.15, 0.2) is 0 Å². The molecule has 1 saturated carbocycles. The molecule has 1 aliphatic carbocycles. The predicted molar refractivity (Wildman–Crippen MR) is 35.6 cm³/mol. The van der Waals surface area contributed by atoms with Crippen molar-refractivity contribution in [2.75, 3.05) is 0 Å². The molecule has 0 saturated heterocycles. The number of hydrogen-bond donors (Lipinski definition) is 0. The van der Waals surface area contributed by atoms with Crippen molar-refractivity contribution in [2.24, 2.45) is 5.92 Å². The first-order valence-electron chi connectivity index (χ1n) is 3.40. The molecule has 52 valence electrons. The smallest absolute Gasteiger partial charge is 0.123 e. The van der Waals surface area contributed by atoms with Crippen LogP contribution in [0.3, 0.4) is 0 Å². The highest BCUT2D eigenvalue weighted by Gasteiger charge is 2.39. The molecule has 10 heavy (non-hydrogen) atoms. The lowest BCUT2D eigenvalue weighted by atomic mass is 10.3. The maximum absolute atomic E-state index is 10.2. The van der Waals surface area contributed by atoms with E-state index >= 15 is 0 Å². The second-order valence-corrected chi connectivity index (χ2v) is 2.66. The van der Waals surface area contributed by atoms with Gasteiger partial charge in [0.2, 0.25) is 0 Å². The lowest BCUT2D eigenvalue weighted by Gasteiger charge is -1.85. The molecule has 0 aromatic carbocycles. The van der Waals surface area contributed by atoms with Crippen molar-refractivity contribution in [3.8, 4) is 0 Å². The number of hydrogen-bond acceptors (Lipinski definition) is 2. The Bertz CT molecular complexity index is 225. The van der Waals surface area contributed by atoms with E-state index in [1.165, 1.54) is 0 Å². The molecule has 2 atom stereocenters. The second kappa shape index (κ2) is 1.97. The van der Waals surface area contributed by atoms with E-state index in [4.69, 9.17) is 4.42 Å². The summed E-state index contributed by atoms with van der Waals surface area (Å²) >= 11 is 0. The lowest BCUT2D eigenvalue weighted by Crippen LogP contribution is -1.79. The molecule has 1 aromatic rings. The summed E-state index contributed by atoms with van der Waals surface area (Å²) in [5, 5.41) is 0. The largest absolute Gasteiger partial charge is 0.469 e. The van der Waals surface area contributed by atoms with E-state index < -0.39 is 0 Å². The third-order valence-corrected chi connectivity index (χ3v) is 1.92. The average molecular weight is 136 g/mol. The Morgan fingerprint density at radius 1 is 1.70 bits per heavy atom. The minimum atomic E-state index is 0.228. The van der Waals surface area contributed by atoms with E-state index in [1.807, 2.05) is 12.1 Å². The predicted octanol–water partition coefficient (Wildman–Crippen LogP) is 1.58. The second-order valence-electron chi connectivity index (χ2n) is 2.66. The number of aldehydes is 1. The van der Waals surface area contributed by atoms with Gasteiger partial charge in [0.1, 0.15) is 12.0 Å². The van der Waals surface area contributed by atoms with E-state index in [9.17, 15) is 4.79 Å². The highest BCUT2D eigenvalue weighted by atomic mass is 16.3. The Hall–Kier alpha value is -1.05. The molecule has 0 radical (unpaired) electrons. The van der Waals surface area contributed by atoms with Gasteiger partial charge in [0.05, 0.1) is 6.26 Å². The first kappa shape index (κ1) is 5.71. The highest BCUT2D eigenvalue weighted by molar-refractivity contribution is 5.60. The molecule has 1 fully saturated rings. The zero-order chi connectivity index (χ0) is 6.97. The van der Waals surface area contributed by atoms with Crippen LogP contribution in [0.4, 0.5) is 0 Å². The van der Waals surface area contributed by atoms with Crippen molar-refractivity contribution >= 4 is 6.29 Å². The summed E-state index contributed by atoms with van der Waals surface area (Å²) in [5.41, 5.74) is 0. The highest BCUT2D eigenvalue weighted by Crippen LogP contribution is 2.45. The van der Waals surface area contributed by atoms with Crippen LogP contribution in [-0.2, 0) is 4.79 Å². The third-order valence-electron chi connectivity index (χ3n) is 1.92. The SMILES string of the molecule is O=C[C@@H]1C[C@H]1c1ccco1. The molecule has 0 spiro atoms. The van der Waals surface area contributed by atoms with E-state index in [2.05, 4.69) is 0 Å². The van der Waals surface area contributed by atoms with Crippen LogP contribution >= 0.6 is 0 Å². The molecule has 0 N–H and O–H groups in total. The molecule has 0 aliphatic heterocycles. The topological polar surface area (TPSA) is 30.2 Å². The lowest BCUT2D eigenvalue weighted by molar-refractivity contribution is -0.108. The van der Waals surface area contributed by atoms with Crippen molar-refractivity contribution in [2.45, 2.75) is 12.3 Å². The van der Waals surface area contributed by atoms with Gasteiger partial charge in [-0.2, -0.15) is 0 Å². The summed E-state index contributed by atoms with van der Waals surface area (Å²) in [6.07, 6.45) is 3.62. The molecular formula is C8H8O2. The van der Waals surface area contributed by atoms with Crippen LogP contribution in [0.1, 0.15) is 18.1 Å². The zero-order valence-electron chi connectivity index (χ0n) is 5.49. The number of carbonyl (C=O) groups excluding carboxylic acids is 1. The van der Waals surface area contributed by atoms with Crippen molar-refractivity contribution in [1.29, 1.82) is 0 Å². The van der Waals surface area contributed by atoms with Gasteiger partial charge >= 0.3 is 0 Å².